The van der Waals surface area contributed by atoms with E-state index in [1.807, 2.05) is 12.1 Å². The van der Waals surface area contributed by atoms with Gasteiger partial charge in [0.05, 0.1) is 23.5 Å². The van der Waals surface area contributed by atoms with Crippen LogP contribution in [0.15, 0.2) is 62.7 Å². The molecule has 0 unspecified atom stereocenters. The highest BCUT2D eigenvalue weighted by molar-refractivity contribution is 8.19. The molecule has 2 aromatic carbocycles. The van der Waals surface area contributed by atoms with E-state index in [1.54, 1.807) is 44.6 Å². The Morgan fingerprint density at radius 1 is 0.923 bits per heavy atom. The van der Waals surface area contributed by atoms with Gasteiger partial charge in [-0.25, -0.2) is 0 Å². The van der Waals surface area contributed by atoms with Gasteiger partial charge in [-0.3, -0.25) is 9.69 Å². The molecule has 1 aliphatic rings. The molecule has 0 aliphatic carbocycles. The second-order valence-corrected chi connectivity index (χ2v) is 11.7. The number of ether oxygens (including phenoxy) is 3. The van der Waals surface area contributed by atoms with E-state index in [1.165, 1.54) is 42.7 Å². The number of rotatable bonds is 16. The predicted molar refractivity (Wildman–Crippen MR) is 157 cm³/mol. The first-order valence-electron chi connectivity index (χ1n) is 13.3. The first-order chi connectivity index (χ1) is 18.9. The summed E-state index contributed by atoms with van der Waals surface area (Å²) in [5.74, 6) is 0.919. The van der Waals surface area contributed by atoms with Crippen LogP contribution in [0.25, 0.3) is 6.08 Å². The van der Waals surface area contributed by atoms with Crippen molar-refractivity contribution in [2.75, 3.05) is 34.0 Å². The first-order valence-corrected chi connectivity index (χ1v) is 15.6. The average Bonchev–Trinajstić information content (AvgIpc) is 3.21. The lowest BCUT2D eigenvalue weighted by molar-refractivity contribution is -0.122. The van der Waals surface area contributed by atoms with E-state index in [-0.39, 0.29) is 22.5 Å². The van der Waals surface area contributed by atoms with Crippen LogP contribution in [0.4, 0.5) is 0 Å². The molecular formula is C29H38N2O6S2. The van der Waals surface area contributed by atoms with Crippen molar-refractivity contribution in [3.63, 3.8) is 0 Å². The molecule has 0 spiro atoms. The zero-order valence-electron chi connectivity index (χ0n) is 22.9. The molecule has 1 aliphatic heterocycles. The molecule has 1 amide bonds. The van der Waals surface area contributed by atoms with Gasteiger partial charge in [-0.1, -0.05) is 63.3 Å². The van der Waals surface area contributed by atoms with E-state index < -0.39 is 10.0 Å². The number of nitrogens with zero attached hydrogens (tertiary/aromatic N) is 2. The third-order valence-corrected chi connectivity index (χ3v) is 8.50. The van der Waals surface area contributed by atoms with Crippen LogP contribution in [0, 0.1) is 0 Å². The normalized spacial score (nSPS) is 15.9. The Kier molecular flexibility index (Phi) is 12.4. The van der Waals surface area contributed by atoms with Crippen LogP contribution in [-0.4, -0.2) is 58.4 Å². The molecule has 0 atom stereocenters. The minimum Gasteiger partial charge on any atom is -0.493 e. The highest BCUT2D eigenvalue weighted by atomic mass is 32.2. The minimum absolute atomic E-state index is 0.0714. The van der Waals surface area contributed by atoms with Gasteiger partial charge in [0.25, 0.3) is 15.9 Å². The highest BCUT2D eigenvalue weighted by Gasteiger charge is 2.34. The summed E-state index contributed by atoms with van der Waals surface area (Å²) in [6.45, 7) is 3.51. The Labute approximate surface area is 236 Å². The molecule has 0 N–H and O–H groups in total. The van der Waals surface area contributed by atoms with E-state index in [0.29, 0.717) is 36.0 Å². The number of amides is 1. The number of benzene rings is 2. The number of sulfonamides is 1. The van der Waals surface area contributed by atoms with Crippen LogP contribution >= 0.6 is 11.8 Å². The number of methoxy groups -OCH3 is 2. The van der Waals surface area contributed by atoms with Crippen LogP contribution in [0.3, 0.4) is 0 Å². The molecule has 0 bridgehead atoms. The molecular weight excluding hydrogens is 536 g/mol. The molecule has 0 saturated carbocycles. The molecule has 39 heavy (non-hydrogen) atoms. The molecule has 1 fully saturated rings. The first kappa shape index (κ1) is 30.7. The summed E-state index contributed by atoms with van der Waals surface area (Å²) in [6.07, 6.45) is 9.27. The predicted octanol–water partition coefficient (Wildman–Crippen LogP) is 6.13. The smallest absolute Gasteiger partial charge is 0.284 e. The summed E-state index contributed by atoms with van der Waals surface area (Å²) in [4.78, 5) is 15.2. The molecule has 0 radical (unpaired) electrons. The lowest BCUT2D eigenvalue weighted by Gasteiger charge is -2.15. The maximum Gasteiger partial charge on any atom is 0.284 e. The molecule has 0 aromatic heterocycles. The fourth-order valence-electron chi connectivity index (χ4n) is 4.00. The number of thioether (sulfide) groups is 1. The SMILES string of the molecule is CCCCCCCCOc1cc(/C=C2\SC(=NS(=O)(=O)c3ccccc3)N(CCCOC)C2=O)ccc1OC. The number of unbranched alkanes of at least 4 members (excludes halogenated alkanes) is 5. The molecule has 212 valence electrons. The number of carbonyl (C=O) groups is 1. The summed E-state index contributed by atoms with van der Waals surface area (Å²) in [5, 5.41) is 0.124. The Morgan fingerprint density at radius 3 is 2.38 bits per heavy atom. The standard InChI is InChI=1S/C29H38N2O6S2/c1-4-5-6-7-8-12-20-37-26-21-23(16-17-25(26)36-3)22-27-28(32)31(18-13-19-35-2)29(38-27)30-39(33,34)24-14-10-9-11-15-24/h9-11,14-17,21-22H,4-8,12-13,18-20H2,1-3H3/b27-22-,30-29?. The zero-order valence-corrected chi connectivity index (χ0v) is 24.6. The monoisotopic (exact) mass is 574 g/mol. The Bertz CT molecular complexity index is 1250. The van der Waals surface area contributed by atoms with Crippen LogP contribution in [0.1, 0.15) is 57.4 Å². The summed E-state index contributed by atoms with van der Waals surface area (Å²) in [6, 6.07) is 13.4. The molecule has 8 nitrogen and oxygen atoms in total. The van der Waals surface area contributed by atoms with E-state index in [2.05, 4.69) is 11.3 Å². The average molecular weight is 575 g/mol. The van der Waals surface area contributed by atoms with Crippen molar-refractivity contribution in [3.8, 4) is 11.5 Å². The Morgan fingerprint density at radius 2 is 1.67 bits per heavy atom. The summed E-state index contributed by atoms with van der Waals surface area (Å²) in [7, 11) is -0.813. The van der Waals surface area contributed by atoms with Gasteiger partial charge >= 0.3 is 0 Å². The fourth-order valence-corrected chi connectivity index (χ4v) is 6.23. The topological polar surface area (TPSA) is 94.5 Å². The Hall–Kier alpha value is -2.82. The van der Waals surface area contributed by atoms with E-state index >= 15 is 0 Å². The van der Waals surface area contributed by atoms with E-state index in [4.69, 9.17) is 14.2 Å². The molecule has 3 rings (SSSR count). The second-order valence-electron chi connectivity index (χ2n) is 9.10. The third kappa shape index (κ3) is 9.12. The lowest BCUT2D eigenvalue weighted by atomic mass is 10.1. The largest absolute Gasteiger partial charge is 0.493 e. The molecule has 10 heteroatoms. The number of hydrogen-bond donors (Lipinski definition) is 0. The summed E-state index contributed by atoms with van der Waals surface area (Å²) < 4.78 is 46.5. The molecule has 2 aromatic rings. The molecule has 1 saturated heterocycles. The van der Waals surface area contributed by atoms with Gasteiger partial charge in [-0.2, -0.15) is 8.42 Å². The van der Waals surface area contributed by atoms with Crippen LogP contribution in [-0.2, 0) is 19.6 Å². The van der Waals surface area contributed by atoms with Gasteiger partial charge < -0.3 is 14.2 Å². The van der Waals surface area contributed by atoms with Crippen LogP contribution in [0.2, 0.25) is 0 Å². The zero-order chi connectivity index (χ0) is 28.1. The number of hydrogen-bond acceptors (Lipinski definition) is 7. The van der Waals surface area contributed by atoms with Gasteiger partial charge in [0.2, 0.25) is 0 Å². The van der Waals surface area contributed by atoms with Gasteiger partial charge in [0, 0.05) is 20.3 Å². The quantitative estimate of drug-likeness (QED) is 0.176. The highest BCUT2D eigenvalue weighted by Crippen LogP contribution is 2.36. The van der Waals surface area contributed by atoms with Gasteiger partial charge in [-0.05, 0) is 60.5 Å². The Balaban J connectivity index is 1.80. The van der Waals surface area contributed by atoms with Gasteiger partial charge in [-0.15, -0.1) is 4.40 Å². The van der Waals surface area contributed by atoms with Crippen molar-refractivity contribution in [1.82, 2.24) is 4.90 Å². The molecule has 1 heterocycles. The number of amidine groups is 1. The van der Waals surface area contributed by atoms with Gasteiger partial charge in [0.1, 0.15) is 0 Å². The van der Waals surface area contributed by atoms with Crippen molar-refractivity contribution >= 4 is 38.9 Å². The van der Waals surface area contributed by atoms with Crippen LogP contribution in [0.5, 0.6) is 11.5 Å². The summed E-state index contributed by atoms with van der Waals surface area (Å²) >= 11 is 1.04. The maximum absolute atomic E-state index is 13.3. The fraction of sp³-hybridized carbons (Fsp3) is 0.448. The van der Waals surface area contributed by atoms with Crippen LogP contribution < -0.4 is 9.47 Å². The van der Waals surface area contributed by atoms with Crippen molar-refractivity contribution in [1.29, 1.82) is 0 Å². The van der Waals surface area contributed by atoms with E-state index in [9.17, 15) is 13.2 Å². The second kappa shape index (κ2) is 15.7. The van der Waals surface area contributed by atoms with Gasteiger partial charge in [0.15, 0.2) is 16.7 Å². The van der Waals surface area contributed by atoms with Crippen molar-refractivity contribution in [2.45, 2.75) is 56.8 Å². The number of carbonyl (C=O) groups excluding carboxylic acids is 1. The van der Waals surface area contributed by atoms with Crippen molar-refractivity contribution in [3.05, 3.63) is 59.0 Å². The van der Waals surface area contributed by atoms with Crippen molar-refractivity contribution < 1.29 is 27.4 Å². The minimum atomic E-state index is -3.98. The summed E-state index contributed by atoms with van der Waals surface area (Å²) in [5.41, 5.74) is 0.744. The lowest BCUT2D eigenvalue weighted by Crippen LogP contribution is -2.31. The van der Waals surface area contributed by atoms with Crippen molar-refractivity contribution in [2.24, 2.45) is 4.40 Å². The van der Waals surface area contributed by atoms with E-state index in [0.717, 1.165) is 30.2 Å². The maximum atomic E-state index is 13.3. The third-order valence-electron chi connectivity index (χ3n) is 6.10.